The summed E-state index contributed by atoms with van der Waals surface area (Å²) in [5, 5.41) is 0. The molecule has 0 aliphatic heterocycles. The van der Waals surface area contributed by atoms with E-state index in [1.165, 1.54) is 17.5 Å². The summed E-state index contributed by atoms with van der Waals surface area (Å²) in [5.74, 6) is 0.692. The van der Waals surface area contributed by atoms with Crippen molar-refractivity contribution in [1.82, 2.24) is 0 Å². The van der Waals surface area contributed by atoms with Crippen LogP contribution >= 0.6 is 12.6 Å². The number of hydrogen-bond acceptors (Lipinski definition) is 1. The van der Waals surface area contributed by atoms with Gasteiger partial charge in [0.25, 0.3) is 0 Å². The van der Waals surface area contributed by atoms with E-state index < -0.39 is 0 Å². The van der Waals surface area contributed by atoms with Crippen molar-refractivity contribution >= 4 is 12.6 Å². The minimum Gasteiger partial charge on any atom is -0.168 e. The predicted molar refractivity (Wildman–Crippen MR) is 85.6 cm³/mol. The summed E-state index contributed by atoms with van der Waals surface area (Å²) in [7, 11) is 0. The van der Waals surface area contributed by atoms with Gasteiger partial charge in [0.2, 0.25) is 0 Å². The second-order valence-corrected chi connectivity index (χ2v) is 7.22. The van der Waals surface area contributed by atoms with E-state index in [9.17, 15) is 0 Å². The van der Waals surface area contributed by atoms with Gasteiger partial charge in [-0.05, 0) is 35.8 Å². The van der Waals surface area contributed by atoms with Gasteiger partial charge in [0.15, 0.2) is 0 Å². The second kappa shape index (κ2) is 5.69. The molecule has 0 nitrogen and oxygen atoms in total. The van der Waals surface area contributed by atoms with E-state index in [0.717, 1.165) is 6.42 Å². The van der Waals surface area contributed by atoms with Crippen molar-refractivity contribution in [2.45, 2.75) is 64.5 Å². The normalized spacial score (nSPS) is 17.3. The van der Waals surface area contributed by atoms with Crippen LogP contribution in [0.15, 0.2) is 24.3 Å². The SMILES string of the molecule is CCC(C)C(C)(C)c1ccc(C(C)(S)CC)cc1. The van der Waals surface area contributed by atoms with E-state index in [1.807, 2.05) is 0 Å². The van der Waals surface area contributed by atoms with Gasteiger partial charge < -0.3 is 0 Å². The van der Waals surface area contributed by atoms with Crippen molar-refractivity contribution in [2.75, 3.05) is 0 Å². The smallest absolute Gasteiger partial charge is 0.0347 e. The van der Waals surface area contributed by atoms with Gasteiger partial charge in [0.1, 0.15) is 0 Å². The third kappa shape index (κ3) is 3.12. The quantitative estimate of drug-likeness (QED) is 0.661. The van der Waals surface area contributed by atoms with Gasteiger partial charge in [-0.25, -0.2) is 0 Å². The summed E-state index contributed by atoms with van der Waals surface area (Å²) in [6.07, 6.45) is 2.26. The van der Waals surface area contributed by atoms with E-state index in [1.54, 1.807) is 0 Å². The van der Waals surface area contributed by atoms with Crippen LogP contribution in [-0.4, -0.2) is 0 Å². The third-order valence-electron chi connectivity index (χ3n) is 4.78. The Morgan fingerprint density at radius 2 is 1.44 bits per heavy atom. The first kappa shape index (κ1) is 15.6. The molecule has 0 aliphatic carbocycles. The van der Waals surface area contributed by atoms with Crippen LogP contribution in [0, 0.1) is 5.92 Å². The van der Waals surface area contributed by atoms with Gasteiger partial charge in [-0.1, -0.05) is 65.3 Å². The Kier molecular flexibility index (Phi) is 4.94. The minimum atomic E-state index is -0.0148. The highest BCUT2D eigenvalue weighted by Gasteiger charge is 2.27. The number of benzene rings is 1. The first-order valence-electron chi connectivity index (χ1n) is 7.09. The van der Waals surface area contributed by atoms with Crippen LogP contribution < -0.4 is 0 Å². The zero-order chi connectivity index (χ0) is 14.0. The molecular formula is C17H28S. The molecule has 18 heavy (non-hydrogen) atoms. The molecule has 0 fully saturated rings. The molecule has 0 saturated heterocycles. The monoisotopic (exact) mass is 264 g/mol. The molecule has 0 saturated carbocycles. The van der Waals surface area contributed by atoms with Crippen LogP contribution in [0.3, 0.4) is 0 Å². The molecule has 0 bridgehead atoms. The van der Waals surface area contributed by atoms with Crippen molar-refractivity contribution in [2.24, 2.45) is 5.92 Å². The lowest BCUT2D eigenvalue weighted by molar-refractivity contribution is 0.335. The van der Waals surface area contributed by atoms with E-state index >= 15 is 0 Å². The van der Waals surface area contributed by atoms with Crippen molar-refractivity contribution in [1.29, 1.82) is 0 Å². The van der Waals surface area contributed by atoms with E-state index in [-0.39, 0.29) is 10.2 Å². The molecule has 0 aromatic heterocycles. The molecule has 0 heterocycles. The van der Waals surface area contributed by atoms with Gasteiger partial charge in [0, 0.05) is 4.75 Å². The standard InChI is InChI=1S/C17H28S/c1-7-13(3)16(4,5)14-9-11-15(12-10-14)17(6,18)8-2/h9-13,18H,7-8H2,1-6H3. The molecule has 0 aliphatic rings. The fourth-order valence-electron chi connectivity index (χ4n) is 2.26. The van der Waals surface area contributed by atoms with Crippen molar-refractivity contribution in [3.05, 3.63) is 35.4 Å². The molecule has 1 heteroatoms. The fraction of sp³-hybridized carbons (Fsp3) is 0.647. The fourth-order valence-corrected chi connectivity index (χ4v) is 2.41. The molecule has 1 aromatic carbocycles. The van der Waals surface area contributed by atoms with Crippen LogP contribution in [0.2, 0.25) is 0 Å². The number of thiol groups is 1. The van der Waals surface area contributed by atoms with Crippen LogP contribution in [0.5, 0.6) is 0 Å². The Labute approximate surface area is 119 Å². The summed E-state index contributed by atoms with van der Waals surface area (Å²) in [4.78, 5) is 0. The lowest BCUT2D eigenvalue weighted by Gasteiger charge is -2.32. The van der Waals surface area contributed by atoms with Crippen molar-refractivity contribution in [3.63, 3.8) is 0 Å². The van der Waals surface area contributed by atoms with E-state index in [2.05, 4.69) is 65.8 Å². The Morgan fingerprint density at radius 1 is 1.00 bits per heavy atom. The highest BCUT2D eigenvalue weighted by molar-refractivity contribution is 7.81. The average molecular weight is 264 g/mol. The van der Waals surface area contributed by atoms with Gasteiger partial charge in [-0.2, -0.15) is 12.6 Å². The van der Waals surface area contributed by atoms with Crippen LogP contribution in [0.1, 0.15) is 65.5 Å². The first-order valence-corrected chi connectivity index (χ1v) is 7.53. The van der Waals surface area contributed by atoms with Crippen LogP contribution in [-0.2, 0) is 10.2 Å². The summed E-state index contributed by atoms with van der Waals surface area (Å²) >= 11 is 4.74. The Balaban J connectivity index is 3.03. The summed E-state index contributed by atoms with van der Waals surface area (Å²) in [6.45, 7) is 13.7. The average Bonchev–Trinajstić information content (AvgIpc) is 2.37. The summed E-state index contributed by atoms with van der Waals surface area (Å²) in [6, 6.07) is 9.06. The first-order chi connectivity index (χ1) is 8.25. The Bertz CT molecular complexity index is 373. The zero-order valence-corrected chi connectivity index (χ0v) is 13.6. The molecule has 102 valence electrons. The van der Waals surface area contributed by atoms with E-state index in [0.29, 0.717) is 5.92 Å². The molecule has 0 radical (unpaired) electrons. The second-order valence-electron chi connectivity index (χ2n) is 6.24. The molecular weight excluding hydrogens is 236 g/mol. The van der Waals surface area contributed by atoms with Gasteiger partial charge in [-0.15, -0.1) is 0 Å². The van der Waals surface area contributed by atoms with Gasteiger partial charge in [-0.3, -0.25) is 0 Å². The van der Waals surface area contributed by atoms with Crippen LogP contribution in [0.4, 0.5) is 0 Å². The molecule has 0 N–H and O–H groups in total. The maximum Gasteiger partial charge on any atom is 0.0347 e. The maximum absolute atomic E-state index is 4.74. The highest BCUT2D eigenvalue weighted by atomic mass is 32.1. The largest absolute Gasteiger partial charge is 0.168 e. The summed E-state index contributed by atoms with van der Waals surface area (Å²) in [5.41, 5.74) is 2.99. The Hall–Kier alpha value is -0.430. The molecule has 1 aromatic rings. The Morgan fingerprint density at radius 3 is 1.83 bits per heavy atom. The lowest BCUT2D eigenvalue weighted by atomic mass is 9.73. The third-order valence-corrected chi connectivity index (χ3v) is 5.36. The van der Waals surface area contributed by atoms with Crippen LogP contribution in [0.25, 0.3) is 0 Å². The maximum atomic E-state index is 4.74. The molecule has 2 atom stereocenters. The predicted octanol–water partition coefficient (Wildman–Crippen LogP) is 5.57. The van der Waals surface area contributed by atoms with Crippen molar-refractivity contribution in [3.8, 4) is 0 Å². The topological polar surface area (TPSA) is 0 Å². The number of rotatable bonds is 5. The minimum absolute atomic E-state index is 0.0148. The molecule has 0 spiro atoms. The van der Waals surface area contributed by atoms with Gasteiger partial charge >= 0.3 is 0 Å². The zero-order valence-electron chi connectivity index (χ0n) is 12.7. The van der Waals surface area contributed by atoms with E-state index in [4.69, 9.17) is 12.6 Å². The number of hydrogen-bond donors (Lipinski definition) is 1. The summed E-state index contributed by atoms with van der Waals surface area (Å²) < 4.78 is -0.0148. The molecule has 1 rings (SSSR count). The van der Waals surface area contributed by atoms with Crippen molar-refractivity contribution < 1.29 is 0 Å². The van der Waals surface area contributed by atoms with Gasteiger partial charge in [0.05, 0.1) is 0 Å². The molecule has 0 amide bonds. The highest BCUT2D eigenvalue weighted by Crippen LogP contribution is 2.36. The molecule has 2 unspecified atom stereocenters. The lowest BCUT2D eigenvalue weighted by Crippen LogP contribution is -2.26.